The third-order valence-electron chi connectivity index (χ3n) is 6.12. The molecule has 1 fully saturated rings. The standard InChI is InChI=1S/C26H24N4OS/c1-17-5-4-7-20(13-17)30-15-21(23-14-18-6-2-3-8-22(18)32-23)24-25(27-16-28-26(24)30)29-19-9-11-31-12-10-19/h2-8,13-16,19H,9-12H2,1H3,(H,27,28,29). The number of hydrogen-bond donors (Lipinski definition) is 1. The van der Waals surface area contributed by atoms with E-state index in [1.54, 1.807) is 6.33 Å². The highest BCUT2D eigenvalue weighted by Gasteiger charge is 2.21. The fourth-order valence-electron chi connectivity index (χ4n) is 4.48. The number of aromatic nitrogens is 3. The molecule has 2 aromatic carbocycles. The van der Waals surface area contributed by atoms with Crippen molar-refractivity contribution in [1.29, 1.82) is 0 Å². The van der Waals surface area contributed by atoms with Crippen LogP contribution in [0.15, 0.2) is 67.1 Å². The van der Waals surface area contributed by atoms with Crippen LogP contribution >= 0.6 is 11.3 Å². The quantitative estimate of drug-likeness (QED) is 0.361. The van der Waals surface area contributed by atoms with Gasteiger partial charge in [0.05, 0.1) is 5.39 Å². The molecule has 0 radical (unpaired) electrons. The molecule has 1 aliphatic rings. The van der Waals surface area contributed by atoms with Crippen molar-refractivity contribution in [2.45, 2.75) is 25.8 Å². The van der Waals surface area contributed by atoms with E-state index in [-0.39, 0.29) is 0 Å². The van der Waals surface area contributed by atoms with E-state index in [1.807, 2.05) is 11.3 Å². The average Bonchev–Trinajstić information content (AvgIpc) is 3.42. The molecule has 3 aromatic heterocycles. The average molecular weight is 441 g/mol. The van der Waals surface area contributed by atoms with Crippen molar-refractivity contribution in [1.82, 2.24) is 14.5 Å². The van der Waals surface area contributed by atoms with Crippen LogP contribution in [0.2, 0.25) is 0 Å². The number of rotatable bonds is 4. The van der Waals surface area contributed by atoms with Gasteiger partial charge < -0.3 is 14.6 Å². The third-order valence-corrected chi connectivity index (χ3v) is 7.27. The van der Waals surface area contributed by atoms with Gasteiger partial charge in [0.1, 0.15) is 12.1 Å². The summed E-state index contributed by atoms with van der Waals surface area (Å²) in [7, 11) is 0. The maximum Gasteiger partial charge on any atom is 0.150 e. The van der Waals surface area contributed by atoms with E-state index in [0.717, 1.165) is 54.2 Å². The van der Waals surface area contributed by atoms with Crippen LogP contribution < -0.4 is 5.32 Å². The first-order valence-electron chi connectivity index (χ1n) is 11.0. The number of fused-ring (bicyclic) bond motifs is 2. The van der Waals surface area contributed by atoms with Crippen molar-refractivity contribution < 1.29 is 4.74 Å². The van der Waals surface area contributed by atoms with E-state index in [4.69, 9.17) is 14.7 Å². The summed E-state index contributed by atoms with van der Waals surface area (Å²) < 4.78 is 9.03. The van der Waals surface area contributed by atoms with E-state index >= 15 is 0 Å². The Morgan fingerprint density at radius 2 is 1.91 bits per heavy atom. The smallest absolute Gasteiger partial charge is 0.150 e. The first-order valence-corrected chi connectivity index (χ1v) is 11.8. The van der Waals surface area contributed by atoms with Gasteiger partial charge in [-0.05, 0) is 55.0 Å². The fourth-order valence-corrected chi connectivity index (χ4v) is 5.56. The Kier molecular flexibility index (Phi) is 4.89. The molecule has 4 heterocycles. The van der Waals surface area contributed by atoms with Crippen LogP contribution in [0.1, 0.15) is 18.4 Å². The maximum atomic E-state index is 5.55. The van der Waals surface area contributed by atoms with E-state index in [0.29, 0.717) is 6.04 Å². The summed E-state index contributed by atoms with van der Waals surface area (Å²) in [5.41, 5.74) is 4.42. The normalized spacial score (nSPS) is 14.9. The first-order chi connectivity index (χ1) is 15.8. The Hall–Kier alpha value is -3.22. The minimum atomic E-state index is 0.361. The number of aryl methyl sites for hydroxylation is 1. The SMILES string of the molecule is Cc1cccc(-n2cc(-c3cc4ccccc4s3)c3c(NC4CCOCC4)ncnc32)c1. The van der Waals surface area contributed by atoms with E-state index in [9.17, 15) is 0 Å². The summed E-state index contributed by atoms with van der Waals surface area (Å²) in [6.07, 6.45) is 5.86. The second-order valence-electron chi connectivity index (χ2n) is 8.35. The van der Waals surface area contributed by atoms with E-state index in [2.05, 4.69) is 77.6 Å². The molecule has 160 valence electrons. The molecule has 0 atom stereocenters. The van der Waals surface area contributed by atoms with Gasteiger partial charge in [-0.1, -0.05) is 30.3 Å². The molecule has 0 bridgehead atoms. The molecule has 0 unspecified atom stereocenters. The lowest BCUT2D eigenvalue weighted by Crippen LogP contribution is -2.28. The molecule has 0 spiro atoms. The summed E-state index contributed by atoms with van der Waals surface area (Å²) in [5, 5.41) is 6.04. The summed E-state index contributed by atoms with van der Waals surface area (Å²) in [4.78, 5) is 10.7. The molecule has 6 heteroatoms. The molecule has 1 saturated heterocycles. The van der Waals surface area contributed by atoms with Crippen molar-refractivity contribution >= 4 is 38.3 Å². The predicted molar refractivity (Wildman–Crippen MR) is 132 cm³/mol. The summed E-state index contributed by atoms with van der Waals surface area (Å²) in [6, 6.07) is 19.7. The van der Waals surface area contributed by atoms with Crippen molar-refractivity contribution in [3.63, 3.8) is 0 Å². The number of nitrogens with one attached hydrogen (secondary N) is 1. The van der Waals surface area contributed by atoms with Crippen molar-refractivity contribution in [2.24, 2.45) is 0 Å². The molecule has 0 amide bonds. The largest absolute Gasteiger partial charge is 0.381 e. The lowest BCUT2D eigenvalue weighted by molar-refractivity contribution is 0.0904. The molecule has 0 aliphatic carbocycles. The fraction of sp³-hybridized carbons (Fsp3) is 0.231. The molecule has 1 N–H and O–H groups in total. The van der Waals surface area contributed by atoms with Gasteiger partial charge in [-0.25, -0.2) is 9.97 Å². The molecular weight excluding hydrogens is 416 g/mol. The molecular formula is C26H24N4OS. The second-order valence-corrected chi connectivity index (χ2v) is 9.44. The predicted octanol–water partition coefficient (Wildman–Crippen LogP) is 6.20. The number of thiophene rings is 1. The number of ether oxygens (including phenoxy) is 1. The molecule has 5 aromatic rings. The zero-order valence-corrected chi connectivity index (χ0v) is 18.7. The van der Waals surface area contributed by atoms with Crippen LogP contribution in [0.25, 0.3) is 37.2 Å². The minimum Gasteiger partial charge on any atom is -0.381 e. The molecule has 32 heavy (non-hydrogen) atoms. The van der Waals surface area contributed by atoms with Crippen LogP contribution in [-0.4, -0.2) is 33.8 Å². The number of nitrogens with zero attached hydrogens (tertiary/aromatic N) is 3. The zero-order valence-electron chi connectivity index (χ0n) is 17.9. The number of anilines is 1. The van der Waals surface area contributed by atoms with Crippen LogP contribution in [0.3, 0.4) is 0 Å². The Labute approximate surface area is 190 Å². The lowest BCUT2D eigenvalue weighted by atomic mass is 10.1. The van der Waals surface area contributed by atoms with Crippen molar-refractivity contribution in [3.05, 3.63) is 72.7 Å². The summed E-state index contributed by atoms with van der Waals surface area (Å²) in [5.74, 6) is 0.903. The van der Waals surface area contributed by atoms with Crippen LogP contribution in [0, 0.1) is 6.92 Å². The van der Waals surface area contributed by atoms with Gasteiger partial charge in [0.2, 0.25) is 0 Å². The van der Waals surface area contributed by atoms with Gasteiger partial charge in [0.15, 0.2) is 5.65 Å². The topological polar surface area (TPSA) is 52.0 Å². The van der Waals surface area contributed by atoms with Crippen LogP contribution in [-0.2, 0) is 4.74 Å². The highest BCUT2D eigenvalue weighted by Crippen LogP contribution is 2.41. The highest BCUT2D eigenvalue weighted by molar-refractivity contribution is 7.22. The van der Waals surface area contributed by atoms with Gasteiger partial charge in [-0.2, -0.15) is 0 Å². The van der Waals surface area contributed by atoms with Crippen molar-refractivity contribution in [2.75, 3.05) is 18.5 Å². The zero-order chi connectivity index (χ0) is 21.5. The highest BCUT2D eigenvalue weighted by atomic mass is 32.1. The van der Waals surface area contributed by atoms with Crippen LogP contribution in [0.5, 0.6) is 0 Å². The lowest BCUT2D eigenvalue weighted by Gasteiger charge is -2.24. The monoisotopic (exact) mass is 440 g/mol. The minimum absolute atomic E-state index is 0.361. The number of benzene rings is 2. The van der Waals surface area contributed by atoms with Crippen molar-refractivity contribution in [3.8, 4) is 16.1 Å². The molecule has 1 aliphatic heterocycles. The summed E-state index contributed by atoms with van der Waals surface area (Å²) in [6.45, 7) is 3.70. The van der Waals surface area contributed by atoms with Gasteiger partial charge in [-0.15, -0.1) is 11.3 Å². The number of hydrogen-bond acceptors (Lipinski definition) is 5. The third kappa shape index (κ3) is 3.45. The Morgan fingerprint density at radius 3 is 2.75 bits per heavy atom. The van der Waals surface area contributed by atoms with E-state index in [1.165, 1.54) is 20.5 Å². The van der Waals surface area contributed by atoms with Gasteiger partial charge >= 0.3 is 0 Å². The molecule has 5 nitrogen and oxygen atoms in total. The first kappa shape index (κ1) is 19.5. The second kappa shape index (κ2) is 8.04. The molecule has 6 rings (SSSR count). The maximum absolute atomic E-state index is 5.55. The van der Waals surface area contributed by atoms with Gasteiger partial charge in [-0.3, -0.25) is 0 Å². The van der Waals surface area contributed by atoms with Gasteiger partial charge in [0.25, 0.3) is 0 Å². The molecule has 0 saturated carbocycles. The van der Waals surface area contributed by atoms with E-state index < -0.39 is 0 Å². The summed E-state index contributed by atoms with van der Waals surface area (Å²) >= 11 is 1.81. The Morgan fingerprint density at radius 1 is 1.03 bits per heavy atom. The van der Waals surface area contributed by atoms with Gasteiger partial charge in [0, 0.05) is 46.3 Å². The Bertz CT molecular complexity index is 1380. The van der Waals surface area contributed by atoms with Crippen LogP contribution in [0.4, 0.5) is 5.82 Å². The Balaban J connectivity index is 1.57.